The van der Waals surface area contributed by atoms with Gasteiger partial charge in [0.2, 0.25) is 0 Å². The average Bonchev–Trinajstić information content (AvgIpc) is 3.21. The molecular formula is C18H34N2. The molecule has 3 aliphatic rings. The summed E-state index contributed by atoms with van der Waals surface area (Å²) >= 11 is 0. The van der Waals surface area contributed by atoms with Crippen molar-refractivity contribution >= 4 is 0 Å². The second-order valence-electron chi connectivity index (χ2n) is 7.98. The SMILES string of the molecule is CCC(CC1CC1)NC1C2CCCC1CN(C(C)C)C2. The van der Waals surface area contributed by atoms with E-state index in [1.165, 1.54) is 58.0 Å². The van der Waals surface area contributed by atoms with E-state index in [2.05, 4.69) is 31.0 Å². The van der Waals surface area contributed by atoms with Crippen LogP contribution in [-0.2, 0) is 0 Å². The van der Waals surface area contributed by atoms with E-state index in [4.69, 9.17) is 0 Å². The van der Waals surface area contributed by atoms with Crippen molar-refractivity contribution in [2.45, 2.75) is 83.8 Å². The lowest BCUT2D eigenvalue weighted by molar-refractivity contribution is 0.0240. The largest absolute Gasteiger partial charge is 0.311 e. The van der Waals surface area contributed by atoms with E-state index in [1.54, 1.807) is 0 Å². The minimum absolute atomic E-state index is 0.729. The van der Waals surface area contributed by atoms with Crippen LogP contribution in [0.4, 0.5) is 0 Å². The summed E-state index contributed by atoms with van der Waals surface area (Å²) in [4.78, 5) is 2.73. The normalized spacial score (nSPS) is 36.3. The Balaban J connectivity index is 1.60. The van der Waals surface area contributed by atoms with Crippen molar-refractivity contribution in [1.82, 2.24) is 10.2 Å². The molecule has 3 atom stereocenters. The summed E-state index contributed by atoms with van der Waals surface area (Å²) in [6, 6.07) is 2.34. The number of nitrogens with zero attached hydrogens (tertiary/aromatic N) is 1. The van der Waals surface area contributed by atoms with Gasteiger partial charge in [-0.15, -0.1) is 0 Å². The molecule has 0 aromatic heterocycles. The molecule has 2 nitrogen and oxygen atoms in total. The van der Waals surface area contributed by atoms with E-state index in [0.717, 1.165) is 35.9 Å². The van der Waals surface area contributed by atoms with E-state index in [1.807, 2.05) is 0 Å². The van der Waals surface area contributed by atoms with Crippen molar-refractivity contribution in [3.05, 3.63) is 0 Å². The zero-order valence-electron chi connectivity index (χ0n) is 13.8. The molecule has 1 saturated heterocycles. The second-order valence-corrected chi connectivity index (χ2v) is 7.98. The minimum Gasteiger partial charge on any atom is -0.311 e. The topological polar surface area (TPSA) is 15.3 Å². The highest BCUT2D eigenvalue weighted by atomic mass is 15.2. The lowest BCUT2D eigenvalue weighted by Crippen LogP contribution is -2.60. The maximum Gasteiger partial charge on any atom is 0.0151 e. The number of piperidine rings is 1. The first-order chi connectivity index (χ1) is 9.67. The van der Waals surface area contributed by atoms with Gasteiger partial charge in [-0.1, -0.05) is 26.2 Å². The number of rotatable bonds is 6. The van der Waals surface area contributed by atoms with Crippen LogP contribution in [0.5, 0.6) is 0 Å². The molecule has 2 heteroatoms. The van der Waals surface area contributed by atoms with E-state index < -0.39 is 0 Å². The summed E-state index contributed by atoms with van der Waals surface area (Å²) in [7, 11) is 0. The van der Waals surface area contributed by atoms with Crippen LogP contribution in [0.1, 0.15) is 65.7 Å². The molecule has 3 unspecified atom stereocenters. The van der Waals surface area contributed by atoms with Crippen LogP contribution in [0.3, 0.4) is 0 Å². The van der Waals surface area contributed by atoms with E-state index in [-0.39, 0.29) is 0 Å². The second kappa shape index (κ2) is 6.36. The van der Waals surface area contributed by atoms with Crippen LogP contribution < -0.4 is 5.32 Å². The number of fused-ring (bicyclic) bond motifs is 2. The molecule has 2 aliphatic carbocycles. The van der Waals surface area contributed by atoms with Crippen LogP contribution in [0.2, 0.25) is 0 Å². The maximum atomic E-state index is 4.11. The van der Waals surface area contributed by atoms with Gasteiger partial charge in [0.1, 0.15) is 0 Å². The van der Waals surface area contributed by atoms with Gasteiger partial charge in [0.15, 0.2) is 0 Å². The highest BCUT2D eigenvalue weighted by molar-refractivity contribution is 4.97. The highest BCUT2D eigenvalue weighted by Crippen LogP contribution is 2.38. The predicted octanol–water partition coefficient (Wildman–Crippen LogP) is 3.66. The first kappa shape index (κ1) is 14.8. The summed E-state index contributed by atoms with van der Waals surface area (Å²) in [6.07, 6.45) is 10.1. The summed E-state index contributed by atoms with van der Waals surface area (Å²) in [5.41, 5.74) is 0. The molecule has 2 bridgehead atoms. The van der Waals surface area contributed by atoms with Gasteiger partial charge in [-0.05, 0) is 57.3 Å². The van der Waals surface area contributed by atoms with Crippen molar-refractivity contribution in [1.29, 1.82) is 0 Å². The molecule has 0 amide bonds. The van der Waals surface area contributed by atoms with E-state index in [0.29, 0.717) is 0 Å². The number of hydrogen-bond acceptors (Lipinski definition) is 2. The fraction of sp³-hybridized carbons (Fsp3) is 1.00. The number of likely N-dealkylation sites (tertiary alicyclic amines) is 1. The summed E-state index contributed by atoms with van der Waals surface area (Å²) in [5.74, 6) is 2.89. The molecular weight excluding hydrogens is 244 g/mol. The summed E-state index contributed by atoms with van der Waals surface area (Å²) in [6.45, 7) is 9.79. The van der Waals surface area contributed by atoms with Crippen LogP contribution >= 0.6 is 0 Å². The van der Waals surface area contributed by atoms with Crippen molar-refractivity contribution in [3.8, 4) is 0 Å². The van der Waals surface area contributed by atoms with Gasteiger partial charge >= 0.3 is 0 Å². The molecule has 1 aliphatic heterocycles. The lowest BCUT2D eigenvalue weighted by Gasteiger charge is -2.50. The third kappa shape index (κ3) is 3.39. The molecule has 116 valence electrons. The lowest BCUT2D eigenvalue weighted by atomic mass is 9.72. The zero-order chi connectivity index (χ0) is 14.1. The molecule has 1 N–H and O–H groups in total. The molecule has 1 heterocycles. The number of nitrogens with one attached hydrogen (secondary N) is 1. The van der Waals surface area contributed by atoms with Crippen molar-refractivity contribution in [2.75, 3.05) is 13.1 Å². The minimum atomic E-state index is 0.729. The van der Waals surface area contributed by atoms with Gasteiger partial charge in [0, 0.05) is 31.2 Å². The quantitative estimate of drug-likeness (QED) is 0.797. The first-order valence-corrected chi connectivity index (χ1v) is 9.17. The van der Waals surface area contributed by atoms with Gasteiger partial charge in [0.25, 0.3) is 0 Å². The van der Waals surface area contributed by atoms with Gasteiger partial charge in [-0.2, -0.15) is 0 Å². The molecule has 0 spiro atoms. The molecule has 20 heavy (non-hydrogen) atoms. The summed E-state index contributed by atoms with van der Waals surface area (Å²) in [5, 5.41) is 4.11. The van der Waals surface area contributed by atoms with Crippen LogP contribution in [0.15, 0.2) is 0 Å². The zero-order valence-corrected chi connectivity index (χ0v) is 13.8. The van der Waals surface area contributed by atoms with Crippen molar-refractivity contribution in [3.63, 3.8) is 0 Å². The Morgan fingerprint density at radius 1 is 1.05 bits per heavy atom. The van der Waals surface area contributed by atoms with Crippen LogP contribution in [0, 0.1) is 17.8 Å². The predicted molar refractivity (Wildman–Crippen MR) is 85.9 cm³/mol. The Kier molecular flexibility index (Phi) is 4.72. The Morgan fingerprint density at radius 3 is 2.20 bits per heavy atom. The first-order valence-electron chi connectivity index (χ1n) is 9.17. The van der Waals surface area contributed by atoms with E-state index >= 15 is 0 Å². The molecule has 3 fully saturated rings. The van der Waals surface area contributed by atoms with Gasteiger partial charge in [-0.25, -0.2) is 0 Å². The Labute approximate surface area is 125 Å². The fourth-order valence-corrected chi connectivity index (χ4v) is 4.55. The molecule has 2 saturated carbocycles. The Morgan fingerprint density at radius 2 is 1.70 bits per heavy atom. The third-order valence-electron chi connectivity index (χ3n) is 6.07. The van der Waals surface area contributed by atoms with Crippen molar-refractivity contribution in [2.24, 2.45) is 17.8 Å². The molecule has 0 aromatic rings. The fourth-order valence-electron chi connectivity index (χ4n) is 4.55. The molecule has 0 radical (unpaired) electrons. The standard InChI is InChI=1S/C18H34N2/c1-4-17(10-14-8-9-14)19-18-15-6-5-7-16(18)12-20(11-15)13(2)3/h13-19H,4-12H2,1-3H3. The van der Waals surface area contributed by atoms with Crippen LogP contribution in [-0.4, -0.2) is 36.1 Å². The van der Waals surface area contributed by atoms with E-state index in [9.17, 15) is 0 Å². The van der Waals surface area contributed by atoms with Gasteiger partial charge < -0.3 is 10.2 Å². The monoisotopic (exact) mass is 278 g/mol. The highest BCUT2D eigenvalue weighted by Gasteiger charge is 2.40. The van der Waals surface area contributed by atoms with Gasteiger partial charge in [-0.3, -0.25) is 0 Å². The maximum absolute atomic E-state index is 4.11. The Hall–Kier alpha value is -0.0800. The smallest absolute Gasteiger partial charge is 0.0151 e. The molecule has 0 aromatic carbocycles. The third-order valence-corrected chi connectivity index (χ3v) is 6.07. The van der Waals surface area contributed by atoms with Gasteiger partial charge in [0.05, 0.1) is 0 Å². The number of hydrogen-bond donors (Lipinski definition) is 1. The molecule has 3 rings (SSSR count). The van der Waals surface area contributed by atoms with Crippen molar-refractivity contribution < 1.29 is 0 Å². The summed E-state index contributed by atoms with van der Waals surface area (Å²) < 4.78 is 0. The van der Waals surface area contributed by atoms with Crippen LogP contribution in [0.25, 0.3) is 0 Å². The Bertz CT molecular complexity index is 297. The average molecular weight is 278 g/mol.